The van der Waals surface area contributed by atoms with Crippen LogP contribution in [0.3, 0.4) is 0 Å². The molecule has 0 aliphatic carbocycles. The lowest BCUT2D eigenvalue weighted by molar-refractivity contribution is -0.131. The van der Waals surface area contributed by atoms with Gasteiger partial charge in [0.1, 0.15) is 0 Å². The van der Waals surface area contributed by atoms with Gasteiger partial charge in [-0.1, -0.05) is 27.2 Å². The Balaban J connectivity index is 2.52. The summed E-state index contributed by atoms with van der Waals surface area (Å²) in [5, 5.41) is 0. The highest BCUT2D eigenvalue weighted by Gasteiger charge is 2.25. The smallest absolute Gasteiger partial charge is 0.222 e. The molecule has 2 unspecified atom stereocenters. The molecule has 0 spiro atoms. The first-order valence-electron chi connectivity index (χ1n) is 6.97. The highest BCUT2D eigenvalue weighted by Crippen LogP contribution is 2.25. The summed E-state index contributed by atoms with van der Waals surface area (Å²) in [6.45, 7) is 8.58. The molecule has 0 aromatic rings. The van der Waals surface area contributed by atoms with Gasteiger partial charge in [0.25, 0.3) is 0 Å². The zero-order valence-corrected chi connectivity index (χ0v) is 12.4. The fourth-order valence-corrected chi connectivity index (χ4v) is 2.92. The van der Waals surface area contributed by atoms with Gasteiger partial charge in [-0.15, -0.1) is 0 Å². The Morgan fingerprint density at radius 1 is 1.41 bits per heavy atom. The van der Waals surface area contributed by atoms with Crippen LogP contribution in [-0.2, 0) is 4.79 Å². The van der Waals surface area contributed by atoms with E-state index < -0.39 is 0 Å². The average molecular weight is 257 g/mol. The molecule has 0 aromatic carbocycles. The predicted molar refractivity (Wildman–Crippen MR) is 76.4 cm³/mol. The van der Waals surface area contributed by atoms with Gasteiger partial charge < -0.3 is 4.90 Å². The molecule has 0 aromatic heterocycles. The molecule has 1 aliphatic rings. The summed E-state index contributed by atoms with van der Waals surface area (Å²) < 4.78 is 0. The SMILES string of the molecule is CCC(CS)CN1CCC(C(C)C)CCC1=O. The van der Waals surface area contributed by atoms with Gasteiger partial charge in [-0.3, -0.25) is 4.79 Å². The van der Waals surface area contributed by atoms with Crippen LogP contribution in [-0.4, -0.2) is 29.6 Å². The molecule has 1 amide bonds. The van der Waals surface area contributed by atoms with Crippen molar-refractivity contribution in [3.05, 3.63) is 0 Å². The van der Waals surface area contributed by atoms with Crippen molar-refractivity contribution in [3.63, 3.8) is 0 Å². The van der Waals surface area contributed by atoms with Gasteiger partial charge in [0.15, 0.2) is 0 Å². The van der Waals surface area contributed by atoms with E-state index in [0.29, 0.717) is 17.7 Å². The lowest BCUT2D eigenvalue weighted by atomic mass is 9.89. The van der Waals surface area contributed by atoms with Gasteiger partial charge in [-0.25, -0.2) is 0 Å². The van der Waals surface area contributed by atoms with Crippen LogP contribution in [0, 0.1) is 17.8 Å². The maximum atomic E-state index is 12.1. The Morgan fingerprint density at radius 3 is 2.65 bits per heavy atom. The van der Waals surface area contributed by atoms with E-state index in [9.17, 15) is 4.79 Å². The van der Waals surface area contributed by atoms with Gasteiger partial charge in [0, 0.05) is 19.5 Å². The van der Waals surface area contributed by atoms with Crippen molar-refractivity contribution in [3.8, 4) is 0 Å². The summed E-state index contributed by atoms with van der Waals surface area (Å²) in [7, 11) is 0. The Kier molecular flexibility index (Phi) is 6.39. The molecule has 1 saturated heterocycles. The third-order valence-electron chi connectivity index (χ3n) is 4.11. The predicted octanol–water partition coefficient (Wildman–Crippen LogP) is 3.23. The molecule has 1 rings (SSSR count). The molecule has 17 heavy (non-hydrogen) atoms. The van der Waals surface area contributed by atoms with Crippen LogP contribution in [0.2, 0.25) is 0 Å². The number of amides is 1. The molecule has 1 aliphatic heterocycles. The largest absolute Gasteiger partial charge is 0.342 e. The summed E-state index contributed by atoms with van der Waals surface area (Å²) in [6, 6.07) is 0. The lowest BCUT2D eigenvalue weighted by Crippen LogP contribution is -2.35. The van der Waals surface area contributed by atoms with Crippen molar-refractivity contribution in [1.82, 2.24) is 4.90 Å². The number of rotatable bonds is 5. The third kappa shape index (κ3) is 4.53. The van der Waals surface area contributed by atoms with Gasteiger partial charge in [-0.05, 0) is 36.3 Å². The molecule has 2 nitrogen and oxygen atoms in total. The minimum atomic E-state index is 0.355. The van der Waals surface area contributed by atoms with Crippen LogP contribution >= 0.6 is 12.6 Å². The highest BCUT2D eigenvalue weighted by atomic mass is 32.1. The van der Waals surface area contributed by atoms with Gasteiger partial charge >= 0.3 is 0 Å². The van der Waals surface area contributed by atoms with E-state index in [1.165, 1.54) is 6.42 Å². The maximum Gasteiger partial charge on any atom is 0.222 e. The number of carbonyl (C=O) groups is 1. The van der Waals surface area contributed by atoms with Crippen molar-refractivity contribution in [2.24, 2.45) is 17.8 Å². The quantitative estimate of drug-likeness (QED) is 0.750. The summed E-state index contributed by atoms with van der Waals surface area (Å²) >= 11 is 4.36. The molecule has 0 N–H and O–H groups in total. The number of nitrogens with zero attached hydrogens (tertiary/aromatic N) is 1. The molecule has 1 fully saturated rings. The summed E-state index contributed by atoms with van der Waals surface area (Å²) in [5.41, 5.74) is 0. The minimum Gasteiger partial charge on any atom is -0.342 e. The van der Waals surface area contributed by atoms with Crippen molar-refractivity contribution in [2.75, 3.05) is 18.8 Å². The van der Waals surface area contributed by atoms with E-state index in [4.69, 9.17) is 0 Å². The van der Waals surface area contributed by atoms with E-state index >= 15 is 0 Å². The highest BCUT2D eigenvalue weighted by molar-refractivity contribution is 7.80. The molecule has 2 atom stereocenters. The molecule has 0 saturated carbocycles. The van der Waals surface area contributed by atoms with Crippen molar-refractivity contribution in [2.45, 2.75) is 46.5 Å². The fourth-order valence-electron chi connectivity index (χ4n) is 2.55. The number of hydrogen-bond donors (Lipinski definition) is 1. The summed E-state index contributed by atoms with van der Waals surface area (Å²) in [5.74, 6) is 3.22. The van der Waals surface area contributed by atoms with Crippen LogP contribution in [0.1, 0.15) is 46.5 Å². The van der Waals surface area contributed by atoms with Gasteiger partial charge in [-0.2, -0.15) is 12.6 Å². The zero-order valence-electron chi connectivity index (χ0n) is 11.5. The van der Waals surface area contributed by atoms with Gasteiger partial charge in [0.2, 0.25) is 5.91 Å². The number of thiol groups is 1. The molecule has 3 heteroatoms. The number of hydrogen-bond acceptors (Lipinski definition) is 2. The first-order valence-corrected chi connectivity index (χ1v) is 7.60. The summed E-state index contributed by atoms with van der Waals surface area (Å²) in [6.07, 6.45) is 4.10. The number of carbonyl (C=O) groups excluding carboxylic acids is 1. The van der Waals surface area contributed by atoms with E-state index in [-0.39, 0.29) is 0 Å². The van der Waals surface area contributed by atoms with Crippen LogP contribution in [0.15, 0.2) is 0 Å². The fraction of sp³-hybridized carbons (Fsp3) is 0.929. The number of likely N-dealkylation sites (tertiary alicyclic amines) is 1. The Morgan fingerprint density at radius 2 is 2.12 bits per heavy atom. The van der Waals surface area contributed by atoms with Crippen molar-refractivity contribution < 1.29 is 4.79 Å². The van der Waals surface area contributed by atoms with Crippen molar-refractivity contribution in [1.29, 1.82) is 0 Å². The monoisotopic (exact) mass is 257 g/mol. The second kappa shape index (κ2) is 7.30. The molecule has 100 valence electrons. The molecular formula is C14H27NOS. The Labute approximate surface area is 112 Å². The Bertz CT molecular complexity index is 238. The third-order valence-corrected chi connectivity index (χ3v) is 4.62. The molecule has 0 radical (unpaired) electrons. The topological polar surface area (TPSA) is 20.3 Å². The van der Waals surface area contributed by atoms with Crippen LogP contribution in [0.4, 0.5) is 0 Å². The van der Waals surface area contributed by atoms with Crippen LogP contribution < -0.4 is 0 Å². The standard InChI is InChI=1S/C14H27NOS/c1-4-12(10-17)9-15-8-7-13(11(2)3)5-6-14(15)16/h11-13,17H,4-10H2,1-3H3. The van der Waals surface area contributed by atoms with Crippen LogP contribution in [0.5, 0.6) is 0 Å². The first-order chi connectivity index (χ1) is 8.08. The van der Waals surface area contributed by atoms with E-state index in [1.54, 1.807) is 0 Å². The second-order valence-corrected chi connectivity index (χ2v) is 5.99. The van der Waals surface area contributed by atoms with E-state index in [0.717, 1.165) is 44.0 Å². The Hall–Kier alpha value is -0.180. The molecule has 1 heterocycles. The molecular weight excluding hydrogens is 230 g/mol. The molecule has 0 bridgehead atoms. The van der Waals surface area contributed by atoms with E-state index in [2.05, 4.69) is 38.3 Å². The second-order valence-electron chi connectivity index (χ2n) is 5.63. The summed E-state index contributed by atoms with van der Waals surface area (Å²) in [4.78, 5) is 14.1. The maximum absolute atomic E-state index is 12.1. The van der Waals surface area contributed by atoms with Gasteiger partial charge in [0.05, 0.1) is 0 Å². The van der Waals surface area contributed by atoms with E-state index in [1.807, 2.05) is 0 Å². The minimum absolute atomic E-state index is 0.355. The normalized spacial score (nSPS) is 23.9. The average Bonchev–Trinajstić information content (AvgIpc) is 2.49. The lowest BCUT2D eigenvalue weighted by Gasteiger charge is -2.25. The first kappa shape index (κ1) is 14.9. The van der Waals surface area contributed by atoms with Crippen LogP contribution in [0.25, 0.3) is 0 Å². The van der Waals surface area contributed by atoms with Crippen molar-refractivity contribution >= 4 is 18.5 Å². The zero-order chi connectivity index (χ0) is 12.8.